The van der Waals surface area contributed by atoms with Crippen molar-refractivity contribution < 1.29 is 4.74 Å². The van der Waals surface area contributed by atoms with E-state index in [1.54, 1.807) is 0 Å². The van der Waals surface area contributed by atoms with Crippen molar-refractivity contribution in [1.82, 2.24) is 15.5 Å². The van der Waals surface area contributed by atoms with Crippen molar-refractivity contribution in [2.75, 3.05) is 53.0 Å². The van der Waals surface area contributed by atoms with E-state index in [1.807, 2.05) is 7.05 Å². The number of ether oxygens (including phenoxy) is 1. The molecular formula is C18H39IN4O. The number of aliphatic imine (C=N–C) groups is 1. The van der Waals surface area contributed by atoms with E-state index in [-0.39, 0.29) is 24.0 Å². The number of likely N-dealkylation sites (tertiary alicyclic amines) is 1. The van der Waals surface area contributed by atoms with Crippen LogP contribution in [0.25, 0.3) is 0 Å². The van der Waals surface area contributed by atoms with Gasteiger partial charge >= 0.3 is 0 Å². The van der Waals surface area contributed by atoms with Gasteiger partial charge in [-0.2, -0.15) is 0 Å². The van der Waals surface area contributed by atoms with Crippen LogP contribution >= 0.6 is 24.0 Å². The minimum absolute atomic E-state index is 0. The van der Waals surface area contributed by atoms with E-state index in [4.69, 9.17) is 4.74 Å². The quantitative estimate of drug-likeness (QED) is 0.231. The normalized spacial score (nSPS) is 17.0. The molecule has 0 spiro atoms. The number of nitrogens with zero attached hydrogens (tertiary/aromatic N) is 2. The summed E-state index contributed by atoms with van der Waals surface area (Å²) in [6, 6.07) is 0. The van der Waals surface area contributed by atoms with E-state index in [0.717, 1.165) is 44.6 Å². The molecule has 1 aliphatic rings. The van der Waals surface area contributed by atoms with Gasteiger partial charge in [-0.05, 0) is 57.2 Å². The van der Waals surface area contributed by atoms with Crippen molar-refractivity contribution in [2.24, 2.45) is 16.8 Å². The number of piperidine rings is 1. The maximum absolute atomic E-state index is 5.59. The van der Waals surface area contributed by atoms with Gasteiger partial charge in [0.1, 0.15) is 0 Å². The van der Waals surface area contributed by atoms with E-state index in [2.05, 4.69) is 41.3 Å². The highest BCUT2D eigenvalue weighted by Gasteiger charge is 2.18. The molecule has 0 aromatic carbocycles. The Morgan fingerprint density at radius 1 is 1.25 bits per heavy atom. The SMILES string of the molecule is CCCN1CCC(CNC(=NC)NCCCOCC(C)C)CC1.I. The number of guanidine groups is 1. The Bertz CT molecular complexity index is 318. The van der Waals surface area contributed by atoms with Crippen molar-refractivity contribution in [3.8, 4) is 0 Å². The van der Waals surface area contributed by atoms with Crippen LogP contribution in [0.15, 0.2) is 4.99 Å². The maximum atomic E-state index is 5.59. The number of nitrogens with one attached hydrogen (secondary N) is 2. The molecule has 0 bridgehead atoms. The predicted octanol–water partition coefficient (Wildman–Crippen LogP) is 2.95. The minimum Gasteiger partial charge on any atom is -0.381 e. The third-order valence-corrected chi connectivity index (χ3v) is 4.24. The van der Waals surface area contributed by atoms with E-state index >= 15 is 0 Å². The van der Waals surface area contributed by atoms with Crippen molar-refractivity contribution in [1.29, 1.82) is 0 Å². The smallest absolute Gasteiger partial charge is 0.190 e. The first-order valence-electron chi connectivity index (χ1n) is 9.40. The number of rotatable bonds is 10. The average Bonchev–Trinajstić information content (AvgIpc) is 2.55. The Balaban J connectivity index is 0.00000529. The summed E-state index contributed by atoms with van der Waals surface area (Å²) in [5.41, 5.74) is 0. The molecule has 2 N–H and O–H groups in total. The van der Waals surface area contributed by atoms with Gasteiger partial charge in [0.2, 0.25) is 0 Å². The van der Waals surface area contributed by atoms with Crippen LogP contribution in [0.5, 0.6) is 0 Å². The molecule has 6 heteroatoms. The van der Waals surface area contributed by atoms with Crippen LogP contribution in [0.3, 0.4) is 0 Å². The molecule has 0 radical (unpaired) electrons. The van der Waals surface area contributed by atoms with Crippen LogP contribution in [-0.4, -0.2) is 63.8 Å². The second-order valence-electron chi connectivity index (χ2n) is 6.99. The standard InChI is InChI=1S/C18H38N4O.HI/c1-5-10-22-11-7-17(8-12-22)14-21-18(19-4)20-9-6-13-23-15-16(2)3;/h16-17H,5-15H2,1-4H3,(H2,19,20,21);1H. The van der Waals surface area contributed by atoms with Gasteiger partial charge in [-0.25, -0.2) is 0 Å². The molecule has 144 valence electrons. The Morgan fingerprint density at radius 3 is 2.54 bits per heavy atom. The average molecular weight is 454 g/mol. The number of hydrogen-bond donors (Lipinski definition) is 2. The second-order valence-corrected chi connectivity index (χ2v) is 6.99. The molecule has 0 aromatic heterocycles. The highest BCUT2D eigenvalue weighted by molar-refractivity contribution is 14.0. The summed E-state index contributed by atoms with van der Waals surface area (Å²) in [5.74, 6) is 2.31. The zero-order valence-electron chi connectivity index (χ0n) is 16.1. The van der Waals surface area contributed by atoms with Gasteiger partial charge in [0.15, 0.2) is 5.96 Å². The molecule has 0 aliphatic carbocycles. The molecule has 1 heterocycles. The lowest BCUT2D eigenvalue weighted by molar-refractivity contribution is 0.108. The second kappa shape index (κ2) is 15.2. The van der Waals surface area contributed by atoms with Crippen LogP contribution < -0.4 is 10.6 Å². The summed E-state index contributed by atoms with van der Waals surface area (Å²) in [7, 11) is 1.84. The van der Waals surface area contributed by atoms with Gasteiger partial charge in [-0.1, -0.05) is 20.8 Å². The first-order valence-corrected chi connectivity index (χ1v) is 9.40. The fourth-order valence-corrected chi connectivity index (χ4v) is 2.89. The molecule has 1 saturated heterocycles. The Hall–Kier alpha value is -0.0800. The van der Waals surface area contributed by atoms with Crippen LogP contribution in [0.2, 0.25) is 0 Å². The summed E-state index contributed by atoms with van der Waals surface area (Å²) < 4.78 is 5.59. The molecule has 24 heavy (non-hydrogen) atoms. The zero-order valence-corrected chi connectivity index (χ0v) is 18.5. The molecule has 1 fully saturated rings. The highest BCUT2D eigenvalue weighted by Crippen LogP contribution is 2.16. The van der Waals surface area contributed by atoms with Crippen LogP contribution in [0, 0.1) is 11.8 Å². The molecule has 0 atom stereocenters. The summed E-state index contributed by atoms with van der Waals surface area (Å²) in [4.78, 5) is 6.89. The van der Waals surface area contributed by atoms with E-state index in [0.29, 0.717) is 5.92 Å². The van der Waals surface area contributed by atoms with Gasteiger partial charge in [0.05, 0.1) is 0 Å². The van der Waals surface area contributed by atoms with Crippen LogP contribution in [0.4, 0.5) is 0 Å². The maximum Gasteiger partial charge on any atom is 0.190 e. The monoisotopic (exact) mass is 454 g/mol. The molecule has 0 unspecified atom stereocenters. The van der Waals surface area contributed by atoms with Gasteiger partial charge in [-0.15, -0.1) is 24.0 Å². The van der Waals surface area contributed by atoms with Crippen molar-refractivity contribution in [2.45, 2.75) is 46.5 Å². The third kappa shape index (κ3) is 11.5. The van der Waals surface area contributed by atoms with Gasteiger partial charge in [-0.3, -0.25) is 4.99 Å². The van der Waals surface area contributed by atoms with E-state index in [9.17, 15) is 0 Å². The minimum atomic E-state index is 0. The zero-order chi connectivity index (χ0) is 16.9. The summed E-state index contributed by atoms with van der Waals surface area (Å²) in [5, 5.41) is 6.85. The number of halogens is 1. The molecule has 5 nitrogen and oxygen atoms in total. The highest BCUT2D eigenvalue weighted by atomic mass is 127. The number of hydrogen-bond acceptors (Lipinski definition) is 3. The lowest BCUT2D eigenvalue weighted by Crippen LogP contribution is -2.43. The van der Waals surface area contributed by atoms with E-state index < -0.39 is 0 Å². The van der Waals surface area contributed by atoms with Gasteiger partial charge in [0.25, 0.3) is 0 Å². The summed E-state index contributed by atoms with van der Waals surface area (Å²) >= 11 is 0. The molecule has 0 saturated carbocycles. The molecule has 1 aliphatic heterocycles. The summed E-state index contributed by atoms with van der Waals surface area (Å²) in [6.07, 6.45) is 4.88. The van der Waals surface area contributed by atoms with Crippen molar-refractivity contribution in [3.63, 3.8) is 0 Å². The van der Waals surface area contributed by atoms with Crippen LogP contribution in [0.1, 0.15) is 46.5 Å². The summed E-state index contributed by atoms with van der Waals surface area (Å²) in [6.45, 7) is 14.0. The van der Waals surface area contributed by atoms with E-state index in [1.165, 1.54) is 38.9 Å². The molecule has 1 rings (SSSR count). The Labute approximate surface area is 166 Å². The Kier molecular flexibility index (Phi) is 15.1. The largest absolute Gasteiger partial charge is 0.381 e. The molecular weight excluding hydrogens is 415 g/mol. The first-order chi connectivity index (χ1) is 11.2. The Morgan fingerprint density at radius 2 is 1.96 bits per heavy atom. The lowest BCUT2D eigenvalue weighted by Gasteiger charge is -2.32. The fourth-order valence-electron chi connectivity index (χ4n) is 2.89. The third-order valence-electron chi connectivity index (χ3n) is 4.24. The topological polar surface area (TPSA) is 48.9 Å². The fraction of sp³-hybridized carbons (Fsp3) is 0.944. The first kappa shape index (κ1) is 23.9. The molecule has 0 aromatic rings. The van der Waals surface area contributed by atoms with Crippen molar-refractivity contribution >= 4 is 29.9 Å². The van der Waals surface area contributed by atoms with Crippen molar-refractivity contribution in [3.05, 3.63) is 0 Å². The molecule has 0 amide bonds. The van der Waals surface area contributed by atoms with Crippen LogP contribution in [-0.2, 0) is 4.74 Å². The lowest BCUT2D eigenvalue weighted by atomic mass is 9.97. The van der Waals surface area contributed by atoms with Gasteiger partial charge in [0, 0.05) is 33.4 Å². The van der Waals surface area contributed by atoms with Gasteiger partial charge < -0.3 is 20.3 Å². The predicted molar refractivity (Wildman–Crippen MR) is 115 cm³/mol.